The Morgan fingerprint density at radius 2 is 1.78 bits per heavy atom. The maximum atomic E-state index is 13.2. The van der Waals surface area contributed by atoms with Crippen LogP contribution in [0.1, 0.15) is 39.2 Å². The van der Waals surface area contributed by atoms with Crippen molar-refractivity contribution < 1.29 is 13.2 Å². The number of benzene rings is 2. The molecule has 1 amide bonds. The highest BCUT2D eigenvalue weighted by Gasteiger charge is 2.32. The topological polar surface area (TPSA) is 75.5 Å². The fraction of sp³-hybridized carbons (Fsp3) is 0.296. The van der Waals surface area contributed by atoms with Gasteiger partial charge >= 0.3 is 0 Å². The van der Waals surface area contributed by atoms with Gasteiger partial charge in [-0.1, -0.05) is 81.5 Å². The highest BCUT2D eigenvalue weighted by atomic mass is 32.2. The van der Waals surface area contributed by atoms with Crippen LogP contribution in [0.2, 0.25) is 0 Å². The van der Waals surface area contributed by atoms with Crippen LogP contribution in [0.5, 0.6) is 0 Å². The van der Waals surface area contributed by atoms with Crippen molar-refractivity contribution in [2.24, 2.45) is 0 Å². The highest BCUT2D eigenvalue weighted by molar-refractivity contribution is 8.26. The van der Waals surface area contributed by atoms with Gasteiger partial charge < -0.3 is 0 Å². The molecule has 1 aromatic heterocycles. The van der Waals surface area contributed by atoms with Crippen LogP contribution in [0, 0.1) is 0 Å². The fourth-order valence-corrected chi connectivity index (χ4v) is 6.90. The van der Waals surface area contributed by atoms with E-state index in [-0.39, 0.29) is 10.8 Å². The molecule has 0 aliphatic carbocycles. The first-order chi connectivity index (χ1) is 17.8. The zero-order valence-corrected chi connectivity index (χ0v) is 23.6. The number of hydrogen-bond acceptors (Lipinski definition) is 6. The van der Waals surface area contributed by atoms with Gasteiger partial charge in [0.05, 0.1) is 15.5 Å². The number of unbranched alkanes of at least 4 members (excludes halogenated alkanes) is 1. The number of sulfonamides is 1. The quantitative estimate of drug-likeness (QED) is 0.241. The molecule has 3 aromatic rings. The van der Waals surface area contributed by atoms with Gasteiger partial charge in [-0.3, -0.25) is 9.69 Å². The normalized spacial score (nSPS) is 15.4. The van der Waals surface area contributed by atoms with Crippen LogP contribution in [0.25, 0.3) is 23.0 Å². The summed E-state index contributed by atoms with van der Waals surface area (Å²) in [7, 11) is -3.64. The van der Waals surface area contributed by atoms with Gasteiger partial charge in [0.2, 0.25) is 10.0 Å². The molecule has 2 heterocycles. The number of amides is 1. The second-order valence-electron chi connectivity index (χ2n) is 8.52. The molecular weight excluding hydrogens is 525 g/mol. The van der Waals surface area contributed by atoms with Crippen LogP contribution >= 0.6 is 24.0 Å². The van der Waals surface area contributed by atoms with E-state index in [1.165, 1.54) is 16.1 Å². The first kappa shape index (κ1) is 27.3. The van der Waals surface area contributed by atoms with E-state index in [1.807, 2.05) is 56.4 Å². The lowest BCUT2D eigenvalue weighted by molar-refractivity contribution is -0.122. The maximum absolute atomic E-state index is 13.2. The van der Waals surface area contributed by atoms with Gasteiger partial charge in [0.15, 0.2) is 0 Å². The Labute approximate surface area is 228 Å². The minimum absolute atomic E-state index is 0.111. The molecule has 10 heteroatoms. The zero-order chi connectivity index (χ0) is 26.6. The van der Waals surface area contributed by atoms with Crippen LogP contribution in [-0.2, 0) is 14.8 Å². The smallest absolute Gasteiger partial charge is 0.266 e. The van der Waals surface area contributed by atoms with Gasteiger partial charge in [-0.25, -0.2) is 13.1 Å². The summed E-state index contributed by atoms with van der Waals surface area (Å²) < 4.78 is 30.1. The van der Waals surface area contributed by atoms with Gasteiger partial charge in [0.25, 0.3) is 5.91 Å². The van der Waals surface area contributed by atoms with E-state index >= 15 is 0 Å². The molecule has 0 unspecified atom stereocenters. The van der Waals surface area contributed by atoms with E-state index in [4.69, 9.17) is 17.3 Å². The molecule has 0 bridgehead atoms. The number of carbonyl (C=O) groups is 1. The van der Waals surface area contributed by atoms with E-state index in [9.17, 15) is 13.2 Å². The maximum Gasteiger partial charge on any atom is 0.266 e. The van der Waals surface area contributed by atoms with Gasteiger partial charge in [0.1, 0.15) is 10.0 Å². The van der Waals surface area contributed by atoms with Crippen molar-refractivity contribution in [2.45, 2.75) is 38.5 Å². The average molecular weight is 555 g/mol. The number of aromatic nitrogens is 2. The third-order valence-electron chi connectivity index (χ3n) is 6.11. The fourth-order valence-electron chi connectivity index (χ4n) is 4.10. The summed E-state index contributed by atoms with van der Waals surface area (Å²) in [6.45, 7) is 7.09. The molecule has 1 aliphatic heterocycles. The number of nitrogens with zero attached hydrogens (tertiary/aromatic N) is 4. The molecular formula is C27H30N4O3S3. The predicted molar refractivity (Wildman–Crippen MR) is 154 cm³/mol. The SMILES string of the molecule is CCCCN1C(=O)C(=Cc2cn(-c3ccccc3)nc2-c2cccc(S(=O)(=O)N(CC)CC)c2)SC1=S. The van der Waals surface area contributed by atoms with Crippen molar-refractivity contribution in [3.8, 4) is 16.9 Å². The summed E-state index contributed by atoms with van der Waals surface area (Å²) in [6.07, 6.45) is 5.51. The molecule has 0 N–H and O–H groups in total. The van der Waals surface area contributed by atoms with Crippen LogP contribution in [0.3, 0.4) is 0 Å². The summed E-state index contributed by atoms with van der Waals surface area (Å²) >= 11 is 6.76. The van der Waals surface area contributed by atoms with Crippen molar-refractivity contribution in [1.29, 1.82) is 0 Å². The molecule has 7 nitrogen and oxygen atoms in total. The second-order valence-corrected chi connectivity index (χ2v) is 12.1. The van der Waals surface area contributed by atoms with Gasteiger partial charge in [0, 0.05) is 37.0 Å². The molecule has 0 spiro atoms. The monoisotopic (exact) mass is 554 g/mol. The number of thioether (sulfide) groups is 1. The van der Waals surface area contributed by atoms with Crippen LogP contribution in [-0.4, -0.2) is 57.3 Å². The van der Waals surface area contributed by atoms with Crippen molar-refractivity contribution in [1.82, 2.24) is 19.0 Å². The molecule has 0 atom stereocenters. The molecule has 37 heavy (non-hydrogen) atoms. The summed E-state index contributed by atoms with van der Waals surface area (Å²) in [5, 5.41) is 4.81. The molecule has 0 radical (unpaired) electrons. The molecule has 4 rings (SSSR count). The molecule has 1 fully saturated rings. The van der Waals surface area contributed by atoms with E-state index in [2.05, 4.69) is 6.92 Å². The second kappa shape index (κ2) is 11.7. The van der Waals surface area contributed by atoms with E-state index in [0.29, 0.717) is 45.7 Å². The minimum atomic E-state index is -3.64. The van der Waals surface area contributed by atoms with E-state index in [0.717, 1.165) is 18.5 Å². The Balaban J connectivity index is 1.81. The number of carbonyl (C=O) groups excluding carboxylic acids is 1. The lowest BCUT2D eigenvalue weighted by Crippen LogP contribution is -2.30. The van der Waals surface area contributed by atoms with Crippen molar-refractivity contribution >= 4 is 50.3 Å². The highest BCUT2D eigenvalue weighted by Crippen LogP contribution is 2.35. The molecule has 1 saturated heterocycles. The summed E-state index contributed by atoms with van der Waals surface area (Å²) in [5.74, 6) is -0.111. The van der Waals surface area contributed by atoms with Crippen molar-refractivity contribution in [3.05, 3.63) is 71.3 Å². The van der Waals surface area contributed by atoms with Crippen LogP contribution in [0.15, 0.2) is 70.6 Å². The third-order valence-corrected chi connectivity index (χ3v) is 9.53. The summed E-state index contributed by atoms with van der Waals surface area (Å²) in [4.78, 5) is 15.5. The number of thiocarbonyl (C=S) groups is 1. The predicted octanol–water partition coefficient (Wildman–Crippen LogP) is 5.57. The average Bonchev–Trinajstić information content (AvgIpc) is 3.44. The summed E-state index contributed by atoms with van der Waals surface area (Å²) in [6, 6.07) is 16.5. The third kappa shape index (κ3) is 5.72. The first-order valence-electron chi connectivity index (χ1n) is 12.3. The Hall–Kier alpha value is -2.79. The van der Waals surface area contributed by atoms with Crippen LogP contribution in [0.4, 0.5) is 0 Å². The Bertz CT molecular complexity index is 1430. The van der Waals surface area contributed by atoms with E-state index < -0.39 is 10.0 Å². The lowest BCUT2D eigenvalue weighted by Gasteiger charge is -2.18. The first-order valence-corrected chi connectivity index (χ1v) is 15.0. The number of rotatable bonds is 10. The molecule has 0 saturated carbocycles. The van der Waals surface area contributed by atoms with Crippen molar-refractivity contribution in [2.75, 3.05) is 19.6 Å². The Morgan fingerprint density at radius 3 is 2.46 bits per heavy atom. The molecule has 1 aliphatic rings. The molecule has 2 aromatic carbocycles. The minimum Gasteiger partial charge on any atom is -0.293 e. The Morgan fingerprint density at radius 1 is 1.05 bits per heavy atom. The lowest BCUT2D eigenvalue weighted by atomic mass is 10.1. The largest absolute Gasteiger partial charge is 0.293 e. The van der Waals surface area contributed by atoms with E-state index in [1.54, 1.807) is 33.9 Å². The standard InChI is InChI=1S/C27H30N4O3S3/c1-4-7-16-30-26(32)24(36-27(30)35)18-21-19-31(22-13-9-8-10-14-22)28-25(21)20-12-11-15-23(17-20)37(33,34)29(5-2)6-3/h8-15,17-19H,4-7,16H2,1-3H3. The van der Waals surface area contributed by atoms with Gasteiger partial charge in [-0.05, 0) is 36.8 Å². The van der Waals surface area contributed by atoms with Crippen molar-refractivity contribution in [3.63, 3.8) is 0 Å². The van der Waals surface area contributed by atoms with Gasteiger partial charge in [-0.2, -0.15) is 9.40 Å². The molecule has 194 valence electrons. The van der Waals surface area contributed by atoms with Gasteiger partial charge in [-0.15, -0.1) is 0 Å². The van der Waals surface area contributed by atoms with Crippen LogP contribution < -0.4 is 0 Å². The number of para-hydroxylation sites is 1. The number of hydrogen-bond donors (Lipinski definition) is 0. The zero-order valence-electron chi connectivity index (χ0n) is 21.1. The Kier molecular flexibility index (Phi) is 8.63. The summed E-state index contributed by atoms with van der Waals surface area (Å²) in [5.41, 5.74) is 2.79.